The molecule has 0 saturated carbocycles. The van der Waals surface area contributed by atoms with Gasteiger partial charge in [0, 0.05) is 24.5 Å². The number of piperidine rings is 1. The Balaban J connectivity index is 2.17. The summed E-state index contributed by atoms with van der Waals surface area (Å²) in [4.78, 5) is 24.1. The maximum Gasteiger partial charge on any atom is 0.250 e. The SMILES string of the molecule is CN1C(=O)CCC(NS(=O)(=O)c2cc(N)cs2)C1=O. The van der Waals surface area contributed by atoms with E-state index < -0.39 is 22.0 Å². The Morgan fingerprint density at radius 2 is 2.16 bits per heavy atom. The monoisotopic (exact) mass is 303 g/mol. The molecule has 0 bridgehead atoms. The highest BCUT2D eigenvalue weighted by atomic mass is 32.2. The lowest BCUT2D eigenvalue weighted by molar-refractivity contribution is -0.147. The third kappa shape index (κ3) is 2.77. The number of amides is 2. The number of likely N-dealkylation sites (tertiary alicyclic amines) is 1. The molecule has 2 amide bonds. The number of hydrogen-bond acceptors (Lipinski definition) is 6. The number of anilines is 1. The smallest absolute Gasteiger partial charge is 0.250 e. The summed E-state index contributed by atoms with van der Waals surface area (Å²) >= 11 is 0.980. The summed E-state index contributed by atoms with van der Waals surface area (Å²) in [5.74, 6) is -0.842. The molecule has 7 nitrogen and oxygen atoms in total. The van der Waals surface area contributed by atoms with Crippen LogP contribution in [-0.2, 0) is 19.6 Å². The van der Waals surface area contributed by atoms with Crippen molar-refractivity contribution in [2.24, 2.45) is 0 Å². The number of nitrogens with zero attached hydrogens (tertiary/aromatic N) is 1. The fraction of sp³-hybridized carbons (Fsp3) is 0.400. The van der Waals surface area contributed by atoms with Crippen molar-refractivity contribution in [1.82, 2.24) is 9.62 Å². The number of likely N-dealkylation sites (N-methyl/N-ethyl adjacent to an activating group) is 1. The lowest BCUT2D eigenvalue weighted by Gasteiger charge is -2.27. The first-order valence-corrected chi connectivity index (χ1v) is 7.84. The van der Waals surface area contributed by atoms with E-state index in [9.17, 15) is 18.0 Å². The van der Waals surface area contributed by atoms with Crippen LogP contribution >= 0.6 is 11.3 Å². The van der Waals surface area contributed by atoms with Crippen LogP contribution in [-0.4, -0.2) is 38.2 Å². The van der Waals surface area contributed by atoms with Gasteiger partial charge in [0.15, 0.2) is 0 Å². The van der Waals surface area contributed by atoms with E-state index in [1.807, 2.05) is 0 Å². The molecule has 1 fully saturated rings. The van der Waals surface area contributed by atoms with Crippen molar-refractivity contribution in [3.05, 3.63) is 11.4 Å². The minimum atomic E-state index is -3.78. The van der Waals surface area contributed by atoms with E-state index in [0.29, 0.717) is 5.69 Å². The van der Waals surface area contributed by atoms with Crippen LogP contribution in [0.3, 0.4) is 0 Å². The van der Waals surface area contributed by atoms with Gasteiger partial charge < -0.3 is 5.73 Å². The van der Waals surface area contributed by atoms with Crippen LogP contribution in [0, 0.1) is 0 Å². The Hall–Kier alpha value is -1.45. The molecule has 1 aromatic rings. The zero-order valence-corrected chi connectivity index (χ0v) is 11.8. The molecule has 1 saturated heterocycles. The molecule has 0 aliphatic carbocycles. The van der Waals surface area contributed by atoms with Crippen molar-refractivity contribution in [2.75, 3.05) is 12.8 Å². The van der Waals surface area contributed by atoms with E-state index in [2.05, 4.69) is 4.72 Å². The lowest BCUT2D eigenvalue weighted by atomic mass is 10.1. The largest absolute Gasteiger partial charge is 0.398 e. The van der Waals surface area contributed by atoms with Gasteiger partial charge in [-0.1, -0.05) is 0 Å². The molecule has 1 aliphatic heterocycles. The third-order valence-corrected chi connectivity index (χ3v) is 5.74. The molecule has 1 aromatic heterocycles. The number of thiophene rings is 1. The molecule has 3 N–H and O–H groups in total. The van der Waals surface area contributed by atoms with Gasteiger partial charge in [0.25, 0.3) is 10.0 Å². The van der Waals surface area contributed by atoms with Crippen molar-refractivity contribution in [3.8, 4) is 0 Å². The van der Waals surface area contributed by atoms with E-state index in [0.717, 1.165) is 16.2 Å². The normalized spacial score (nSPS) is 20.9. The van der Waals surface area contributed by atoms with Gasteiger partial charge in [-0.25, -0.2) is 8.42 Å². The van der Waals surface area contributed by atoms with Crippen LogP contribution in [0.25, 0.3) is 0 Å². The number of sulfonamides is 1. The highest BCUT2D eigenvalue weighted by Crippen LogP contribution is 2.23. The Morgan fingerprint density at radius 3 is 2.74 bits per heavy atom. The molecule has 9 heteroatoms. The second-order valence-corrected chi connectivity index (χ2v) is 7.05. The highest BCUT2D eigenvalue weighted by Gasteiger charge is 2.35. The fourth-order valence-corrected chi connectivity index (χ4v) is 4.06. The number of nitrogens with one attached hydrogen (secondary N) is 1. The summed E-state index contributed by atoms with van der Waals surface area (Å²) < 4.78 is 26.4. The zero-order valence-electron chi connectivity index (χ0n) is 10.1. The summed E-state index contributed by atoms with van der Waals surface area (Å²) in [6.07, 6.45) is 0.310. The van der Waals surface area contributed by atoms with E-state index >= 15 is 0 Å². The van der Waals surface area contributed by atoms with E-state index in [1.165, 1.54) is 18.5 Å². The molecular weight excluding hydrogens is 290 g/mol. The molecule has 104 valence electrons. The summed E-state index contributed by atoms with van der Waals surface area (Å²) in [5.41, 5.74) is 5.83. The van der Waals surface area contributed by atoms with Crippen LogP contribution in [0.15, 0.2) is 15.7 Å². The fourth-order valence-electron chi connectivity index (χ4n) is 1.74. The maximum absolute atomic E-state index is 12.0. The van der Waals surface area contributed by atoms with Crippen molar-refractivity contribution in [3.63, 3.8) is 0 Å². The number of carbonyl (C=O) groups is 2. The number of carbonyl (C=O) groups excluding carboxylic acids is 2. The zero-order chi connectivity index (χ0) is 14.2. The van der Waals surface area contributed by atoms with Crippen molar-refractivity contribution in [2.45, 2.75) is 23.1 Å². The van der Waals surface area contributed by atoms with Crippen LogP contribution in [0.4, 0.5) is 5.69 Å². The first kappa shape index (κ1) is 14.0. The average molecular weight is 303 g/mol. The van der Waals surface area contributed by atoms with E-state index in [1.54, 1.807) is 0 Å². The average Bonchev–Trinajstić information content (AvgIpc) is 2.78. The Bertz CT molecular complexity index is 622. The van der Waals surface area contributed by atoms with Gasteiger partial charge in [-0.3, -0.25) is 14.5 Å². The second-order valence-electron chi connectivity index (χ2n) is 4.20. The van der Waals surface area contributed by atoms with Gasteiger partial charge in [-0.15, -0.1) is 11.3 Å². The standard InChI is InChI=1S/C10H13N3O4S2/c1-13-8(14)3-2-7(10(13)15)12-19(16,17)9-4-6(11)5-18-9/h4-5,7,12H,2-3,11H2,1H3. The van der Waals surface area contributed by atoms with Crippen molar-refractivity contribution < 1.29 is 18.0 Å². The number of imide groups is 1. The molecular formula is C10H13N3O4S2. The number of nitrogen functional groups attached to an aromatic ring is 1. The van der Waals surface area contributed by atoms with Crippen LogP contribution in [0.2, 0.25) is 0 Å². The van der Waals surface area contributed by atoms with Crippen molar-refractivity contribution >= 4 is 38.9 Å². The molecule has 0 radical (unpaired) electrons. The summed E-state index contributed by atoms with van der Waals surface area (Å²) in [7, 11) is -2.44. The molecule has 0 spiro atoms. The Labute approximate surface area is 114 Å². The van der Waals surface area contributed by atoms with Crippen molar-refractivity contribution in [1.29, 1.82) is 0 Å². The van der Waals surface area contributed by atoms with Gasteiger partial charge in [-0.2, -0.15) is 4.72 Å². The third-order valence-electron chi connectivity index (χ3n) is 2.81. The quantitative estimate of drug-likeness (QED) is 0.749. The lowest BCUT2D eigenvalue weighted by Crippen LogP contribution is -2.52. The maximum atomic E-state index is 12.0. The first-order chi connectivity index (χ1) is 8.81. The van der Waals surface area contributed by atoms with E-state index in [4.69, 9.17) is 5.73 Å². The van der Waals surface area contributed by atoms with Gasteiger partial charge in [-0.05, 0) is 12.5 Å². The minimum Gasteiger partial charge on any atom is -0.398 e. The molecule has 1 aliphatic rings. The molecule has 1 atom stereocenters. The molecule has 2 rings (SSSR count). The predicted octanol–water partition coefficient (Wildman–Crippen LogP) is -0.244. The topological polar surface area (TPSA) is 110 Å². The highest BCUT2D eigenvalue weighted by molar-refractivity contribution is 7.91. The number of hydrogen-bond donors (Lipinski definition) is 2. The van der Waals surface area contributed by atoms with Crippen LogP contribution < -0.4 is 10.5 Å². The molecule has 2 heterocycles. The van der Waals surface area contributed by atoms with Crippen LogP contribution in [0.1, 0.15) is 12.8 Å². The van der Waals surface area contributed by atoms with Gasteiger partial charge in [0.05, 0.1) is 0 Å². The van der Waals surface area contributed by atoms with Gasteiger partial charge >= 0.3 is 0 Å². The van der Waals surface area contributed by atoms with E-state index in [-0.39, 0.29) is 23.0 Å². The van der Waals surface area contributed by atoms with Gasteiger partial charge in [0.2, 0.25) is 11.8 Å². The molecule has 19 heavy (non-hydrogen) atoms. The Morgan fingerprint density at radius 1 is 1.47 bits per heavy atom. The molecule has 0 aromatic carbocycles. The summed E-state index contributed by atoms with van der Waals surface area (Å²) in [5, 5.41) is 1.51. The number of rotatable bonds is 3. The second kappa shape index (κ2) is 4.91. The minimum absolute atomic E-state index is 0.0531. The number of nitrogens with two attached hydrogens (primary N) is 1. The van der Waals surface area contributed by atoms with Crippen LogP contribution in [0.5, 0.6) is 0 Å². The first-order valence-electron chi connectivity index (χ1n) is 5.48. The molecule has 1 unspecified atom stereocenters. The summed E-state index contributed by atoms with van der Waals surface area (Å²) in [6, 6.07) is 0.422. The predicted molar refractivity (Wildman–Crippen MR) is 69.9 cm³/mol. The van der Waals surface area contributed by atoms with Gasteiger partial charge in [0.1, 0.15) is 10.3 Å². The Kier molecular flexibility index (Phi) is 3.61. The summed E-state index contributed by atoms with van der Waals surface area (Å²) in [6.45, 7) is 0.